The first-order chi connectivity index (χ1) is 9.20. The summed E-state index contributed by atoms with van der Waals surface area (Å²) >= 11 is 0. The quantitative estimate of drug-likeness (QED) is 0.532. The Hall–Kier alpha value is -1.12. The molecule has 0 bridgehead atoms. The first kappa shape index (κ1) is 15.9. The van der Waals surface area contributed by atoms with Crippen molar-refractivity contribution in [1.29, 1.82) is 5.26 Å². The average Bonchev–Trinajstić information content (AvgIpc) is 2.93. The molecule has 1 unspecified atom stereocenters. The Morgan fingerprint density at radius 3 is 2.79 bits per heavy atom. The van der Waals surface area contributed by atoms with Crippen molar-refractivity contribution >= 4 is 5.91 Å². The second-order valence-electron chi connectivity index (χ2n) is 5.08. The molecule has 108 valence electrons. The lowest BCUT2D eigenvalue weighted by atomic mass is 10.1. The van der Waals surface area contributed by atoms with Gasteiger partial charge in [-0.25, -0.2) is 0 Å². The first-order valence-electron chi connectivity index (χ1n) is 7.10. The maximum Gasteiger partial charge on any atom is 0.237 e. The van der Waals surface area contributed by atoms with Gasteiger partial charge in [-0.1, -0.05) is 12.8 Å². The molecule has 0 aliphatic heterocycles. The van der Waals surface area contributed by atoms with Crippen LogP contribution in [0.2, 0.25) is 0 Å². The zero-order valence-corrected chi connectivity index (χ0v) is 12.0. The van der Waals surface area contributed by atoms with Crippen molar-refractivity contribution < 1.29 is 9.53 Å². The number of carbonyl (C=O) groups excluding carboxylic acids is 1. The molecule has 1 amide bonds. The van der Waals surface area contributed by atoms with Gasteiger partial charge in [0.05, 0.1) is 18.7 Å². The third kappa shape index (κ3) is 5.17. The summed E-state index contributed by atoms with van der Waals surface area (Å²) in [6.45, 7) is 3.50. The summed E-state index contributed by atoms with van der Waals surface area (Å²) in [6, 6.07) is 2.34. The lowest BCUT2D eigenvalue weighted by Crippen LogP contribution is -2.49. The minimum atomic E-state index is -0.231. The number of rotatable bonds is 8. The van der Waals surface area contributed by atoms with Gasteiger partial charge in [0.1, 0.15) is 0 Å². The van der Waals surface area contributed by atoms with Crippen LogP contribution in [0, 0.1) is 11.3 Å². The van der Waals surface area contributed by atoms with Gasteiger partial charge in [-0.05, 0) is 26.2 Å². The zero-order valence-electron chi connectivity index (χ0n) is 12.0. The second-order valence-corrected chi connectivity index (χ2v) is 5.08. The van der Waals surface area contributed by atoms with Gasteiger partial charge in [-0.3, -0.25) is 9.69 Å². The van der Waals surface area contributed by atoms with Crippen LogP contribution in [0.15, 0.2) is 0 Å². The number of amides is 1. The van der Waals surface area contributed by atoms with Crippen molar-refractivity contribution in [2.75, 3.05) is 26.8 Å². The van der Waals surface area contributed by atoms with E-state index in [1.165, 1.54) is 12.8 Å². The van der Waals surface area contributed by atoms with E-state index in [9.17, 15) is 4.79 Å². The predicted octanol–water partition coefficient (Wildman–Crippen LogP) is 1.30. The van der Waals surface area contributed by atoms with Crippen molar-refractivity contribution in [3.63, 3.8) is 0 Å². The fourth-order valence-corrected chi connectivity index (χ4v) is 2.63. The monoisotopic (exact) mass is 267 g/mol. The van der Waals surface area contributed by atoms with E-state index in [2.05, 4.69) is 11.4 Å². The molecule has 0 aromatic carbocycles. The maximum absolute atomic E-state index is 12.1. The van der Waals surface area contributed by atoms with Gasteiger partial charge in [0.2, 0.25) is 5.91 Å². The number of carbonyl (C=O) groups is 1. The molecule has 5 heteroatoms. The molecule has 1 fully saturated rings. The van der Waals surface area contributed by atoms with Crippen LogP contribution in [0.5, 0.6) is 0 Å². The van der Waals surface area contributed by atoms with E-state index in [4.69, 9.17) is 10.00 Å². The molecule has 0 radical (unpaired) electrons. The number of hydrogen-bond acceptors (Lipinski definition) is 4. The fourth-order valence-electron chi connectivity index (χ4n) is 2.63. The summed E-state index contributed by atoms with van der Waals surface area (Å²) in [6.07, 6.45) is 5.42. The molecule has 1 aliphatic carbocycles. The largest absolute Gasteiger partial charge is 0.385 e. The standard InChI is InChI=1S/C14H25N3O2/c1-12(14(18)16-9-5-11-19-2)17(10-8-15)13-6-3-4-7-13/h12-13H,3-7,9-11H2,1-2H3,(H,16,18). The van der Waals surface area contributed by atoms with E-state index in [1.807, 2.05) is 11.8 Å². The Kier molecular flexibility index (Phi) is 7.46. The summed E-state index contributed by atoms with van der Waals surface area (Å²) in [5.41, 5.74) is 0. The number of nitrogens with zero attached hydrogens (tertiary/aromatic N) is 2. The smallest absolute Gasteiger partial charge is 0.237 e. The Morgan fingerprint density at radius 2 is 2.21 bits per heavy atom. The molecule has 1 saturated carbocycles. The average molecular weight is 267 g/mol. The topological polar surface area (TPSA) is 65.4 Å². The second kappa shape index (κ2) is 8.89. The van der Waals surface area contributed by atoms with Crippen molar-refractivity contribution in [2.45, 2.75) is 51.1 Å². The van der Waals surface area contributed by atoms with Crippen LogP contribution >= 0.6 is 0 Å². The van der Waals surface area contributed by atoms with Gasteiger partial charge in [0.25, 0.3) is 0 Å². The van der Waals surface area contributed by atoms with Gasteiger partial charge >= 0.3 is 0 Å². The maximum atomic E-state index is 12.1. The Morgan fingerprint density at radius 1 is 1.53 bits per heavy atom. The number of nitrogens with one attached hydrogen (secondary N) is 1. The molecule has 19 heavy (non-hydrogen) atoms. The first-order valence-corrected chi connectivity index (χ1v) is 7.10. The van der Waals surface area contributed by atoms with Crippen molar-refractivity contribution in [1.82, 2.24) is 10.2 Å². The highest BCUT2D eigenvalue weighted by Crippen LogP contribution is 2.24. The molecule has 0 heterocycles. The lowest BCUT2D eigenvalue weighted by molar-refractivity contribution is -0.126. The molecular weight excluding hydrogens is 242 g/mol. The molecule has 5 nitrogen and oxygen atoms in total. The van der Waals surface area contributed by atoms with Crippen LogP contribution in [0.25, 0.3) is 0 Å². The van der Waals surface area contributed by atoms with E-state index in [-0.39, 0.29) is 11.9 Å². The fraction of sp³-hybridized carbons (Fsp3) is 0.857. The predicted molar refractivity (Wildman–Crippen MR) is 73.5 cm³/mol. The normalized spacial score (nSPS) is 17.4. The minimum Gasteiger partial charge on any atom is -0.385 e. The molecule has 0 aromatic heterocycles. The third-order valence-electron chi connectivity index (χ3n) is 3.75. The van der Waals surface area contributed by atoms with Crippen LogP contribution in [0.1, 0.15) is 39.0 Å². The van der Waals surface area contributed by atoms with Gasteiger partial charge in [0.15, 0.2) is 0 Å². The van der Waals surface area contributed by atoms with E-state index in [0.717, 1.165) is 19.3 Å². The van der Waals surface area contributed by atoms with Crippen molar-refractivity contribution in [3.05, 3.63) is 0 Å². The molecule has 0 saturated heterocycles. The van der Waals surface area contributed by atoms with Gasteiger partial charge in [0, 0.05) is 26.3 Å². The van der Waals surface area contributed by atoms with E-state index in [0.29, 0.717) is 25.7 Å². The Labute approximate surface area is 115 Å². The minimum absolute atomic E-state index is 0.0123. The van der Waals surface area contributed by atoms with Crippen LogP contribution < -0.4 is 5.32 Å². The molecule has 1 aliphatic rings. The molecule has 1 rings (SSSR count). The van der Waals surface area contributed by atoms with Gasteiger partial charge < -0.3 is 10.1 Å². The number of methoxy groups -OCH3 is 1. The molecule has 0 aromatic rings. The number of nitriles is 1. The van der Waals surface area contributed by atoms with Crippen molar-refractivity contribution in [3.8, 4) is 6.07 Å². The summed E-state index contributed by atoms with van der Waals surface area (Å²) in [7, 11) is 1.65. The summed E-state index contributed by atoms with van der Waals surface area (Å²) in [4.78, 5) is 14.1. The SMILES string of the molecule is COCCCNC(=O)C(C)N(CC#N)C1CCCC1. The molecule has 0 spiro atoms. The highest BCUT2D eigenvalue weighted by Gasteiger charge is 2.29. The van der Waals surface area contributed by atoms with E-state index in [1.54, 1.807) is 7.11 Å². The molecular formula is C14H25N3O2. The number of ether oxygens (including phenoxy) is 1. The summed E-state index contributed by atoms with van der Waals surface area (Å²) < 4.78 is 4.95. The summed E-state index contributed by atoms with van der Waals surface area (Å²) in [5, 5.41) is 11.8. The number of hydrogen-bond donors (Lipinski definition) is 1. The highest BCUT2D eigenvalue weighted by atomic mass is 16.5. The lowest BCUT2D eigenvalue weighted by Gasteiger charge is -2.31. The van der Waals surface area contributed by atoms with E-state index >= 15 is 0 Å². The van der Waals surface area contributed by atoms with Crippen LogP contribution in [-0.2, 0) is 9.53 Å². The Bertz CT molecular complexity index is 308. The summed E-state index contributed by atoms with van der Waals surface area (Å²) in [5.74, 6) is 0.0123. The third-order valence-corrected chi connectivity index (χ3v) is 3.75. The van der Waals surface area contributed by atoms with Crippen LogP contribution in [-0.4, -0.2) is 49.7 Å². The van der Waals surface area contributed by atoms with Gasteiger partial charge in [-0.2, -0.15) is 5.26 Å². The van der Waals surface area contributed by atoms with Crippen LogP contribution in [0.4, 0.5) is 0 Å². The Balaban J connectivity index is 2.43. The van der Waals surface area contributed by atoms with E-state index < -0.39 is 0 Å². The van der Waals surface area contributed by atoms with Gasteiger partial charge in [-0.15, -0.1) is 0 Å². The van der Waals surface area contributed by atoms with Crippen LogP contribution in [0.3, 0.4) is 0 Å². The molecule has 1 atom stereocenters. The van der Waals surface area contributed by atoms with Crippen molar-refractivity contribution in [2.24, 2.45) is 0 Å². The highest BCUT2D eigenvalue weighted by molar-refractivity contribution is 5.81. The zero-order chi connectivity index (χ0) is 14.1. The molecule has 1 N–H and O–H groups in total.